The highest BCUT2D eigenvalue weighted by Gasteiger charge is 2.51. The van der Waals surface area contributed by atoms with Gasteiger partial charge in [-0.2, -0.15) is 18.4 Å². The van der Waals surface area contributed by atoms with Gasteiger partial charge in [-0.3, -0.25) is 24.1 Å². The third-order valence-electron chi connectivity index (χ3n) is 12.5. The first-order valence-corrected chi connectivity index (χ1v) is 24.7. The third kappa shape index (κ3) is 12.5. The number of likely N-dealkylation sites (tertiary alicyclic amines) is 1. The fourth-order valence-corrected chi connectivity index (χ4v) is 9.93. The summed E-state index contributed by atoms with van der Waals surface area (Å²) in [5.41, 5.74) is 3.15. The number of nitrogens with one attached hydrogen (secondary N) is 2. The molecule has 3 N–H and O–H groups in total. The summed E-state index contributed by atoms with van der Waals surface area (Å²) in [6.45, 7) is 11.2. The monoisotopic (exact) mass is 1040 g/mol. The lowest BCUT2D eigenvalue weighted by molar-refractivity contribution is -0.144. The van der Waals surface area contributed by atoms with Gasteiger partial charge in [0.05, 0.1) is 64.9 Å². The fourth-order valence-electron chi connectivity index (χ4n) is 8.59. The van der Waals surface area contributed by atoms with Crippen LogP contribution in [0, 0.1) is 23.7 Å². The van der Waals surface area contributed by atoms with E-state index in [-0.39, 0.29) is 63.3 Å². The highest BCUT2D eigenvalue weighted by Crippen LogP contribution is 2.40. The van der Waals surface area contributed by atoms with E-state index in [1.165, 1.54) is 11.0 Å². The number of nitrogens with zero attached hydrogens (tertiary/aromatic N) is 5. The van der Waals surface area contributed by atoms with E-state index >= 15 is 0 Å². The second-order valence-electron chi connectivity index (χ2n) is 19.2. The number of hydrogen-bond acceptors (Lipinski definition) is 12. The number of anilines is 2. The van der Waals surface area contributed by atoms with Crippen LogP contribution in [0.25, 0.3) is 21.6 Å². The Morgan fingerprint density at radius 2 is 1.53 bits per heavy atom. The van der Waals surface area contributed by atoms with Gasteiger partial charge in [-0.05, 0) is 103 Å². The van der Waals surface area contributed by atoms with Crippen LogP contribution in [-0.2, 0) is 41.4 Å². The van der Waals surface area contributed by atoms with E-state index in [9.17, 15) is 42.7 Å². The number of ether oxygens (including phenoxy) is 3. The molecular formula is C53H56F3N7O8S2. The Labute approximate surface area is 430 Å². The van der Waals surface area contributed by atoms with Crippen LogP contribution in [0.15, 0.2) is 96.5 Å². The minimum atomic E-state index is -4.81. The topological polar surface area (TPSA) is 187 Å². The molecule has 73 heavy (non-hydrogen) atoms. The number of thiocarbonyl (C=S) groups is 1. The van der Waals surface area contributed by atoms with Gasteiger partial charge in [0.1, 0.15) is 36.6 Å². The second kappa shape index (κ2) is 22.6. The van der Waals surface area contributed by atoms with Crippen LogP contribution in [0.2, 0.25) is 0 Å². The quantitative estimate of drug-likeness (QED) is 0.0572. The predicted molar refractivity (Wildman–Crippen MR) is 273 cm³/mol. The van der Waals surface area contributed by atoms with Crippen molar-refractivity contribution in [3.05, 3.63) is 119 Å². The summed E-state index contributed by atoms with van der Waals surface area (Å²) >= 11 is 7.22. The molecule has 0 bridgehead atoms. The van der Waals surface area contributed by atoms with Crippen molar-refractivity contribution in [3.8, 4) is 33.4 Å². The van der Waals surface area contributed by atoms with Crippen molar-refractivity contribution < 1.29 is 51.7 Å². The predicted octanol–water partition coefficient (Wildman–Crippen LogP) is 7.81. The summed E-state index contributed by atoms with van der Waals surface area (Å²) < 4.78 is 58.3. The summed E-state index contributed by atoms with van der Waals surface area (Å²) in [4.78, 5) is 63.4. The summed E-state index contributed by atoms with van der Waals surface area (Å²) in [7, 11) is 0. The second-order valence-corrected chi connectivity index (χ2v) is 20.4. The lowest BCUT2D eigenvalue weighted by atomic mass is 9.85. The number of halogens is 3. The molecule has 0 spiro atoms. The van der Waals surface area contributed by atoms with Crippen molar-refractivity contribution in [1.82, 2.24) is 20.5 Å². The number of aliphatic hydroxyl groups excluding tert-OH is 1. The van der Waals surface area contributed by atoms with Crippen LogP contribution in [0.5, 0.6) is 5.75 Å². The Morgan fingerprint density at radius 1 is 0.918 bits per heavy atom. The summed E-state index contributed by atoms with van der Waals surface area (Å²) in [5.74, 6) is -1.32. The average Bonchev–Trinajstić information content (AvgIpc) is 4.02. The van der Waals surface area contributed by atoms with Gasteiger partial charge in [-0.15, -0.1) is 11.3 Å². The molecule has 1 aromatic heterocycles. The molecule has 4 aromatic carbocycles. The van der Waals surface area contributed by atoms with Crippen molar-refractivity contribution in [3.63, 3.8) is 0 Å². The number of carbonyl (C=O) groups is 4. The van der Waals surface area contributed by atoms with E-state index in [0.717, 1.165) is 49.9 Å². The average molecular weight is 1040 g/mol. The first kappa shape index (κ1) is 54.0. The molecule has 15 nitrogen and oxygen atoms in total. The number of β-amino-alcohol motifs (C(OH)–C–C–N with tert-alkyl or cyclic N) is 1. The number of carbonyl (C=O) groups excluding carboxylic acids is 4. The van der Waals surface area contributed by atoms with E-state index in [0.29, 0.717) is 11.4 Å². The zero-order valence-corrected chi connectivity index (χ0v) is 42.8. The van der Waals surface area contributed by atoms with Crippen molar-refractivity contribution >= 4 is 63.7 Å². The number of hydrogen-bond donors (Lipinski definition) is 3. The first-order chi connectivity index (χ1) is 34.6. The largest absolute Gasteiger partial charge is 0.491 e. The number of aliphatic hydroxyl groups is 1. The van der Waals surface area contributed by atoms with Gasteiger partial charge in [0.2, 0.25) is 17.7 Å². The van der Waals surface area contributed by atoms with Crippen molar-refractivity contribution in [2.45, 2.75) is 84.4 Å². The number of benzene rings is 4. The van der Waals surface area contributed by atoms with Gasteiger partial charge >= 0.3 is 6.18 Å². The first-order valence-electron chi connectivity index (χ1n) is 23.4. The maximum Gasteiger partial charge on any atom is 0.417 e. The Bertz CT molecular complexity index is 2860. The number of aryl methyl sites for hydroxylation is 1. The number of thiazole rings is 1. The van der Waals surface area contributed by atoms with Gasteiger partial charge in [-0.1, -0.05) is 69.3 Å². The molecule has 2 aliphatic rings. The number of nitriles is 1. The fraction of sp³-hybridized carbons (Fsp3) is 0.377. The van der Waals surface area contributed by atoms with E-state index in [1.807, 2.05) is 55.5 Å². The molecule has 0 aliphatic carbocycles. The molecule has 3 atom stereocenters. The molecule has 3 heterocycles. The van der Waals surface area contributed by atoms with Crippen LogP contribution in [0.3, 0.4) is 0 Å². The van der Waals surface area contributed by atoms with Crippen LogP contribution < -0.4 is 25.2 Å². The SMILES string of the molecule is Cc1ncsc1-c1ccc(CNC(=O)[C@@H]2C[C@@H](O)CN2C(=O)[C@@H](NC(=O)COCCOCCOc2ccc(-c3ccc(N4C(=S)N(c5ccc(C#N)c(C(F)(F)F)c5)C(=O)C4(C)C)cc3)cc2)C(C)(C)C)cc1. The van der Waals surface area contributed by atoms with Crippen molar-refractivity contribution in [1.29, 1.82) is 5.26 Å². The van der Waals surface area contributed by atoms with Gasteiger partial charge < -0.3 is 39.8 Å². The highest BCUT2D eigenvalue weighted by atomic mass is 32.1. The van der Waals surface area contributed by atoms with E-state index in [2.05, 4.69) is 15.6 Å². The van der Waals surface area contributed by atoms with Gasteiger partial charge in [0.15, 0.2) is 5.11 Å². The molecule has 2 saturated heterocycles. The van der Waals surface area contributed by atoms with Gasteiger partial charge in [0, 0.05) is 25.2 Å². The van der Waals surface area contributed by atoms with Crippen LogP contribution >= 0.6 is 23.6 Å². The number of amides is 4. The molecule has 384 valence electrons. The van der Waals surface area contributed by atoms with Crippen LogP contribution in [0.4, 0.5) is 24.5 Å². The molecule has 20 heteroatoms. The minimum Gasteiger partial charge on any atom is -0.491 e. The zero-order valence-electron chi connectivity index (χ0n) is 41.1. The van der Waals surface area contributed by atoms with Crippen LogP contribution in [-0.4, -0.2) is 107 Å². The number of alkyl halides is 3. The smallest absolute Gasteiger partial charge is 0.417 e. The molecule has 0 radical (unpaired) electrons. The Balaban J connectivity index is 0.823. The van der Waals surface area contributed by atoms with E-state index < -0.39 is 70.1 Å². The summed E-state index contributed by atoms with van der Waals surface area (Å²) in [6.07, 6.45) is -5.64. The maximum absolute atomic E-state index is 14.0. The Hall–Kier alpha value is -6.76. The lowest BCUT2D eigenvalue weighted by Crippen LogP contribution is -2.58. The standard InChI is InChI=1S/C53H56F3N7O8S2/c1-32-45(73-31-59-32)36-9-7-33(8-10-36)28-58-47(66)43-26-40(64)29-61(43)48(67)46(51(2,3)4)60-44(65)30-70-22-21-69-23-24-71-41-19-14-35(15-20-41)34-11-16-38(17-12-34)63-50(72)62(49(68)52(63,5)6)39-18-13-37(27-57)42(25-39)53(54,55)56/h7-20,25,31,40,43,46,64H,21-24,26,28-30H2,1-6H3,(H,58,66)(H,60,65)/t40-,43+,46-/m1/s1. The number of rotatable bonds is 18. The highest BCUT2D eigenvalue weighted by molar-refractivity contribution is 7.81. The third-order valence-corrected chi connectivity index (χ3v) is 13.8. The molecule has 4 amide bonds. The van der Waals surface area contributed by atoms with Crippen molar-refractivity contribution in [2.75, 3.05) is 49.4 Å². The molecular weight excluding hydrogens is 984 g/mol. The normalized spacial score (nSPS) is 17.1. The zero-order chi connectivity index (χ0) is 52.8. The molecule has 5 aromatic rings. The van der Waals surface area contributed by atoms with Gasteiger partial charge in [-0.25, -0.2) is 4.98 Å². The van der Waals surface area contributed by atoms with Gasteiger partial charge in [0.25, 0.3) is 5.91 Å². The minimum absolute atomic E-state index is 0.00183. The van der Waals surface area contributed by atoms with E-state index in [4.69, 9.17) is 26.4 Å². The maximum atomic E-state index is 14.0. The summed E-state index contributed by atoms with van der Waals surface area (Å²) in [6, 6.07) is 25.1. The van der Waals surface area contributed by atoms with E-state index in [1.54, 1.807) is 86.7 Å². The lowest BCUT2D eigenvalue weighted by Gasteiger charge is -2.35. The van der Waals surface area contributed by atoms with Crippen LogP contribution in [0.1, 0.15) is 63.4 Å². The number of aromatic nitrogens is 1. The molecule has 2 fully saturated rings. The molecule has 0 saturated carbocycles. The Kier molecular flexibility index (Phi) is 16.7. The molecule has 0 unspecified atom stereocenters. The van der Waals surface area contributed by atoms with Crippen molar-refractivity contribution in [2.24, 2.45) is 5.41 Å². The molecule has 2 aliphatic heterocycles. The molecule has 7 rings (SSSR count). The summed E-state index contributed by atoms with van der Waals surface area (Å²) in [5, 5.41) is 25.5. The Morgan fingerprint density at radius 3 is 2.15 bits per heavy atom.